The van der Waals surface area contributed by atoms with E-state index in [9.17, 15) is 4.79 Å². The Morgan fingerprint density at radius 3 is 2.33 bits per heavy atom. The Morgan fingerprint density at radius 1 is 0.917 bits per heavy atom. The fourth-order valence-electron chi connectivity index (χ4n) is 4.92. The van der Waals surface area contributed by atoms with Gasteiger partial charge < -0.3 is 23.6 Å². The van der Waals surface area contributed by atoms with Crippen molar-refractivity contribution in [3.63, 3.8) is 0 Å². The van der Waals surface area contributed by atoms with Crippen molar-refractivity contribution < 1.29 is 18.7 Å². The fourth-order valence-corrected chi connectivity index (χ4v) is 5.64. The maximum atomic E-state index is 12.3. The molecule has 1 aliphatic rings. The maximum absolute atomic E-state index is 12.3. The quantitative estimate of drug-likeness (QED) is 0.220. The molecule has 6 nitrogen and oxygen atoms in total. The van der Waals surface area contributed by atoms with Gasteiger partial charge >= 0.3 is 0 Å². The van der Waals surface area contributed by atoms with Gasteiger partial charge in [-0.1, -0.05) is 24.3 Å². The molecular formula is C29H30N2O4S. The number of aldehydes is 1. The monoisotopic (exact) mass is 502 g/mol. The molecule has 2 heterocycles. The van der Waals surface area contributed by atoms with Crippen LogP contribution in [0.25, 0.3) is 22.3 Å². The number of para-hydroxylation sites is 1. The Balaban J connectivity index is 1.43. The minimum atomic E-state index is -0.290. The number of ether oxygens (including phenoxy) is 2. The predicted molar refractivity (Wildman–Crippen MR) is 146 cm³/mol. The molecule has 1 unspecified atom stereocenters. The summed E-state index contributed by atoms with van der Waals surface area (Å²) in [7, 11) is 3.25. The van der Waals surface area contributed by atoms with Gasteiger partial charge in [0.25, 0.3) is 0 Å². The summed E-state index contributed by atoms with van der Waals surface area (Å²) in [6.45, 7) is 3.44. The molecule has 1 atom stereocenters. The van der Waals surface area contributed by atoms with E-state index >= 15 is 0 Å². The van der Waals surface area contributed by atoms with Crippen molar-refractivity contribution in [3.05, 3.63) is 72.3 Å². The van der Waals surface area contributed by atoms with Gasteiger partial charge in [0.2, 0.25) is 0 Å². The van der Waals surface area contributed by atoms with Crippen LogP contribution in [0.3, 0.4) is 0 Å². The molecule has 1 fully saturated rings. The molecule has 0 aliphatic carbocycles. The minimum Gasteiger partial charge on any atom is -0.493 e. The van der Waals surface area contributed by atoms with E-state index in [1.165, 1.54) is 5.69 Å². The molecule has 3 aromatic carbocycles. The number of nitrogens with zero attached hydrogens (tertiary/aromatic N) is 2. The topological polar surface area (TPSA) is 55.2 Å². The maximum Gasteiger partial charge on any atom is 0.161 e. The van der Waals surface area contributed by atoms with Crippen molar-refractivity contribution in [2.75, 3.05) is 51.6 Å². The average Bonchev–Trinajstić information content (AvgIpc) is 3.32. The Morgan fingerprint density at radius 2 is 1.67 bits per heavy atom. The van der Waals surface area contributed by atoms with Crippen LogP contribution in [0.1, 0.15) is 11.6 Å². The van der Waals surface area contributed by atoms with Crippen LogP contribution in [0.5, 0.6) is 11.5 Å². The van der Waals surface area contributed by atoms with Crippen LogP contribution < -0.4 is 14.4 Å². The van der Waals surface area contributed by atoms with Crippen molar-refractivity contribution in [2.45, 2.75) is 10.9 Å². The van der Waals surface area contributed by atoms with E-state index in [2.05, 4.69) is 40.1 Å². The number of furan rings is 1. The highest BCUT2D eigenvalue weighted by atomic mass is 32.2. The van der Waals surface area contributed by atoms with Gasteiger partial charge in [-0.3, -0.25) is 4.90 Å². The standard InChI is InChI=1S/C29H30N2O4S/c1-33-26-12-10-21(18-27(26)34-2)28-29(36-3)23-17-20(9-11-25(23)35-28)24(19-32)31-15-13-30(14-16-31)22-7-5-4-6-8-22/h4-12,17-19,24H,13-16H2,1-3H3. The van der Waals surface area contributed by atoms with E-state index in [1.807, 2.05) is 42.7 Å². The molecule has 1 aliphatic heterocycles. The number of methoxy groups -OCH3 is 2. The van der Waals surface area contributed by atoms with Crippen LogP contribution in [-0.4, -0.2) is 57.8 Å². The van der Waals surface area contributed by atoms with Gasteiger partial charge in [-0.15, -0.1) is 11.8 Å². The largest absolute Gasteiger partial charge is 0.493 e. The van der Waals surface area contributed by atoms with Crippen molar-refractivity contribution in [3.8, 4) is 22.8 Å². The summed E-state index contributed by atoms with van der Waals surface area (Å²) in [6, 6.07) is 22.0. The summed E-state index contributed by atoms with van der Waals surface area (Å²) in [5.41, 5.74) is 3.93. The third-order valence-electron chi connectivity index (χ3n) is 6.82. The summed E-state index contributed by atoms with van der Waals surface area (Å²) in [6.07, 6.45) is 3.11. The zero-order valence-corrected chi connectivity index (χ0v) is 21.6. The molecule has 0 bridgehead atoms. The molecule has 0 spiro atoms. The second kappa shape index (κ2) is 10.7. The lowest BCUT2D eigenvalue weighted by Gasteiger charge is -2.38. The van der Waals surface area contributed by atoms with Crippen LogP contribution >= 0.6 is 11.8 Å². The molecule has 0 saturated carbocycles. The first-order valence-electron chi connectivity index (χ1n) is 12.0. The second-order valence-corrected chi connectivity index (χ2v) is 9.55. The Kier molecular flexibility index (Phi) is 7.20. The zero-order chi connectivity index (χ0) is 25.1. The molecule has 186 valence electrons. The zero-order valence-electron chi connectivity index (χ0n) is 20.8. The highest BCUT2D eigenvalue weighted by Crippen LogP contribution is 2.42. The molecule has 1 saturated heterocycles. The third-order valence-corrected chi connectivity index (χ3v) is 7.63. The molecule has 36 heavy (non-hydrogen) atoms. The number of benzene rings is 3. The van der Waals surface area contributed by atoms with Crippen LogP contribution in [0.2, 0.25) is 0 Å². The van der Waals surface area contributed by atoms with Crippen LogP contribution in [-0.2, 0) is 4.79 Å². The van der Waals surface area contributed by atoms with Crippen molar-refractivity contribution in [1.82, 2.24) is 4.90 Å². The van der Waals surface area contributed by atoms with E-state index in [1.54, 1.807) is 26.0 Å². The van der Waals surface area contributed by atoms with E-state index in [0.717, 1.165) is 65.2 Å². The Bertz CT molecular complexity index is 1350. The summed E-state index contributed by atoms with van der Waals surface area (Å²) in [4.78, 5) is 18.0. The van der Waals surface area contributed by atoms with Crippen molar-refractivity contribution in [1.29, 1.82) is 0 Å². The number of carbonyl (C=O) groups is 1. The number of hydrogen-bond donors (Lipinski definition) is 0. The van der Waals surface area contributed by atoms with Gasteiger partial charge in [-0.05, 0) is 54.3 Å². The number of anilines is 1. The Hall–Kier alpha value is -3.42. The summed E-state index contributed by atoms with van der Waals surface area (Å²) < 4.78 is 17.2. The number of thioether (sulfide) groups is 1. The van der Waals surface area contributed by atoms with Crippen LogP contribution in [0.15, 0.2) is 76.0 Å². The van der Waals surface area contributed by atoms with Crippen molar-refractivity contribution >= 4 is 34.7 Å². The van der Waals surface area contributed by atoms with Gasteiger partial charge in [0.05, 0.1) is 25.2 Å². The summed E-state index contributed by atoms with van der Waals surface area (Å²) in [5.74, 6) is 2.11. The molecule has 1 aromatic heterocycles. The number of carbonyl (C=O) groups excluding carboxylic acids is 1. The fraction of sp³-hybridized carbons (Fsp3) is 0.276. The predicted octanol–water partition coefficient (Wildman–Crippen LogP) is 5.90. The smallest absolute Gasteiger partial charge is 0.161 e. The molecule has 4 aromatic rings. The van der Waals surface area contributed by atoms with Gasteiger partial charge in [0.1, 0.15) is 17.6 Å². The Labute approximate surface area is 215 Å². The van der Waals surface area contributed by atoms with E-state index in [4.69, 9.17) is 13.9 Å². The first-order valence-corrected chi connectivity index (χ1v) is 13.2. The van der Waals surface area contributed by atoms with Gasteiger partial charge in [-0.25, -0.2) is 0 Å². The van der Waals surface area contributed by atoms with Crippen LogP contribution in [0, 0.1) is 0 Å². The molecule has 0 amide bonds. The van der Waals surface area contributed by atoms with E-state index in [-0.39, 0.29) is 6.04 Å². The third kappa shape index (κ3) is 4.56. The van der Waals surface area contributed by atoms with Crippen LogP contribution in [0.4, 0.5) is 5.69 Å². The summed E-state index contributed by atoms with van der Waals surface area (Å²) in [5, 5.41) is 1.01. The first-order chi connectivity index (χ1) is 17.7. The van der Waals surface area contributed by atoms with Gasteiger partial charge in [0.15, 0.2) is 11.5 Å². The molecular weight excluding hydrogens is 472 g/mol. The normalized spacial score (nSPS) is 15.1. The second-order valence-electron chi connectivity index (χ2n) is 8.73. The molecule has 0 radical (unpaired) electrons. The lowest BCUT2D eigenvalue weighted by atomic mass is 10.0. The SMILES string of the molecule is COc1ccc(-c2oc3ccc(C(C=O)N4CCN(c5ccccc5)CC4)cc3c2SC)cc1OC. The van der Waals surface area contributed by atoms with Crippen molar-refractivity contribution in [2.24, 2.45) is 0 Å². The number of fused-ring (bicyclic) bond motifs is 1. The van der Waals surface area contributed by atoms with Gasteiger partial charge in [0, 0.05) is 42.8 Å². The molecule has 0 N–H and O–H groups in total. The molecule has 5 rings (SSSR count). The lowest BCUT2D eigenvalue weighted by Crippen LogP contribution is -2.48. The number of hydrogen-bond acceptors (Lipinski definition) is 7. The average molecular weight is 503 g/mol. The lowest BCUT2D eigenvalue weighted by molar-refractivity contribution is -0.112. The highest BCUT2D eigenvalue weighted by Gasteiger charge is 2.26. The van der Waals surface area contributed by atoms with E-state index in [0.29, 0.717) is 11.5 Å². The molecule has 7 heteroatoms. The number of piperazine rings is 1. The minimum absolute atomic E-state index is 0.290. The summed E-state index contributed by atoms with van der Waals surface area (Å²) >= 11 is 1.64. The highest BCUT2D eigenvalue weighted by molar-refractivity contribution is 7.99. The van der Waals surface area contributed by atoms with Gasteiger partial charge in [-0.2, -0.15) is 0 Å². The van der Waals surface area contributed by atoms with E-state index < -0.39 is 0 Å². The number of rotatable bonds is 8. The first kappa shape index (κ1) is 24.3.